The first kappa shape index (κ1) is 82.5. The molecule has 2 N–H and O–H groups in total. The molecule has 1 amide bonds. The number of phosphoric acid groups is 1. The molecule has 85 heavy (non-hydrogen) atoms. The highest BCUT2D eigenvalue weighted by Gasteiger charge is 2.30. The van der Waals surface area contributed by atoms with Crippen molar-refractivity contribution < 1.29 is 37.3 Å². The fourth-order valence-corrected chi connectivity index (χ4v) is 11.4. The summed E-state index contributed by atoms with van der Waals surface area (Å²) < 4.78 is 30.8. The van der Waals surface area contributed by atoms with Gasteiger partial charge in [0.15, 0.2) is 0 Å². The first-order chi connectivity index (χ1) is 41.4. The molecule has 0 aromatic heterocycles. The number of phosphoric ester groups is 1. The van der Waals surface area contributed by atoms with E-state index < -0.39 is 20.0 Å². The van der Waals surface area contributed by atoms with Gasteiger partial charge in [0.25, 0.3) is 0 Å². The molecule has 0 aliphatic heterocycles. The molecule has 0 heterocycles. The van der Waals surface area contributed by atoms with E-state index in [1.54, 1.807) is 0 Å². The molecule has 0 saturated heterocycles. The van der Waals surface area contributed by atoms with E-state index in [1.807, 2.05) is 33.3 Å². The molecule has 0 bridgehead atoms. The predicted molar refractivity (Wildman–Crippen MR) is 369 cm³/mol. The third-order valence-electron chi connectivity index (χ3n) is 16.2. The van der Waals surface area contributed by atoms with Crippen molar-refractivity contribution in [1.82, 2.24) is 5.32 Å². The van der Waals surface area contributed by atoms with Crippen LogP contribution in [0.3, 0.4) is 0 Å². The van der Waals surface area contributed by atoms with Gasteiger partial charge in [0.2, 0.25) is 5.91 Å². The molecule has 3 unspecified atom stereocenters. The predicted octanol–water partition coefficient (Wildman–Crippen LogP) is 23.1. The number of likely N-dealkylation sites (N-methyl/N-ethyl adjacent to an activating group) is 1. The second-order valence-corrected chi connectivity index (χ2v) is 27.2. The molecule has 0 aliphatic rings. The molecule has 0 saturated carbocycles. The van der Waals surface area contributed by atoms with Gasteiger partial charge in [-0.1, -0.05) is 325 Å². The maximum Gasteiger partial charge on any atom is 0.472 e. The lowest BCUT2D eigenvalue weighted by atomic mass is 10.0. The van der Waals surface area contributed by atoms with Crippen LogP contribution in [-0.2, 0) is 27.9 Å². The van der Waals surface area contributed by atoms with Crippen molar-refractivity contribution in [2.75, 3.05) is 40.9 Å². The molecule has 3 atom stereocenters. The van der Waals surface area contributed by atoms with Crippen molar-refractivity contribution in [1.29, 1.82) is 0 Å². The van der Waals surface area contributed by atoms with Crippen LogP contribution in [0.25, 0.3) is 0 Å². The third-order valence-corrected chi connectivity index (χ3v) is 17.1. The summed E-state index contributed by atoms with van der Waals surface area (Å²) in [5, 5.41) is 3.07. The van der Waals surface area contributed by atoms with E-state index in [-0.39, 0.29) is 25.1 Å². The van der Waals surface area contributed by atoms with Gasteiger partial charge in [0.05, 0.1) is 33.8 Å². The van der Waals surface area contributed by atoms with Gasteiger partial charge in [0.1, 0.15) is 19.3 Å². The molecule has 0 aromatic carbocycles. The maximum absolute atomic E-state index is 13.6. The standard InChI is InChI=1S/C75H139N2O7P/c1-7-10-13-16-19-22-25-27-29-31-33-35-37-38-40-42-44-46-48-50-53-56-59-62-65-68-75(79)84-73(66-63-60-57-54-51-24-21-18-15-12-9-3)72(71-83-85(80,81)82-70-69-77(4,5)6)76-74(78)67-64-61-58-55-52-49-47-45-43-41-39-36-34-32-30-28-26-23-20-17-14-11-8-2/h11,14,20,23,28,30,34,36,41,43,63,66,72-73H,7-10,12-13,15-19,21-22,24-27,29,31-33,35,37-40,42,44-62,64-65,67-71H2,1-6H3,(H-,76,78,80,81)/p+1/b14-11-,23-20-,30-28-,36-34-,43-41-,66-63+. The molecule has 496 valence electrons. The van der Waals surface area contributed by atoms with Crippen molar-refractivity contribution in [2.45, 2.75) is 354 Å². The van der Waals surface area contributed by atoms with Crippen molar-refractivity contribution in [2.24, 2.45) is 0 Å². The number of esters is 1. The minimum absolute atomic E-state index is 0.0370. The van der Waals surface area contributed by atoms with E-state index in [0.29, 0.717) is 23.9 Å². The highest BCUT2D eigenvalue weighted by atomic mass is 31.2. The van der Waals surface area contributed by atoms with E-state index in [4.69, 9.17) is 13.8 Å². The number of nitrogens with zero attached hydrogens (tertiary/aromatic N) is 1. The normalized spacial score (nSPS) is 13.9. The zero-order valence-electron chi connectivity index (χ0n) is 56.9. The van der Waals surface area contributed by atoms with Crippen LogP contribution < -0.4 is 5.32 Å². The number of ether oxygens (including phenoxy) is 1. The van der Waals surface area contributed by atoms with E-state index in [1.165, 1.54) is 205 Å². The van der Waals surface area contributed by atoms with Gasteiger partial charge in [-0.3, -0.25) is 18.6 Å². The molecule has 0 aromatic rings. The quantitative estimate of drug-likeness (QED) is 0.0205. The monoisotopic (exact) mass is 1210 g/mol. The van der Waals surface area contributed by atoms with Crippen LogP contribution in [0.4, 0.5) is 0 Å². The van der Waals surface area contributed by atoms with Crippen LogP contribution >= 0.6 is 7.82 Å². The van der Waals surface area contributed by atoms with Crippen LogP contribution in [0.5, 0.6) is 0 Å². The molecule has 0 spiro atoms. The Kier molecular flexibility index (Phi) is 62.5. The fraction of sp³-hybridized carbons (Fsp3) is 0.813. The topological polar surface area (TPSA) is 111 Å². The second kappa shape index (κ2) is 64.4. The summed E-state index contributed by atoms with van der Waals surface area (Å²) in [6.45, 7) is 6.93. The van der Waals surface area contributed by atoms with Crippen LogP contribution in [0.1, 0.15) is 342 Å². The number of rotatable bonds is 66. The number of unbranched alkanes of at least 4 members (excludes halogenated alkanes) is 40. The molecule has 0 radical (unpaired) electrons. The molecular formula is C75H140N2O7P+. The number of hydrogen-bond donors (Lipinski definition) is 2. The number of quaternary nitrogens is 1. The van der Waals surface area contributed by atoms with Crippen molar-refractivity contribution in [3.63, 3.8) is 0 Å². The Labute approximate surface area is 527 Å². The lowest BCUT2D eigenvalue weighted by Crippen LogP contribution is -2.47. The van der Waals surface area contributed by atoms with Crippen molar-refractivity contribution in [3.05, 3.63) is 72.9 Å². The summed E-state index contributed by atoms with van der Waals surface area (Å²) in [6, 6.07) is -0.856. The molecular weight excluding hydrogens is 1070 g/mol. The summed E-state index contributed by atoms with van der Waals surface area (Å²) in [4.78, 5) is 37.9. The lowest BCUT2D eigenvalue weighted by Gasteiger charge is -2.27. The van der Waals surface area contributed by atoms with Gasteiger partial charge in [-0.25, -0.2) is 4.57 Å². The first-order valence-corrected chi connectivity index (χ1v) is 37.8. The van der Waals surface area contributed by atoms with Gasteiger partial charge in [-0.2, -0.15) is 0 Å². The van der Waals surface area contributed by atoms with Crippen molar-refractivity contribution in [3.8, 4) is 0 Å². The highest BCUT2D eigenvalue weighted by Crippen LogP contribution is 2.43. The number of allylic oxidation sites excluding steroid dienone is 11. The first-order valence-electron chi connectivity index (χ1n) is 36.3. The molecule has 10 heteroatoms. The number of carbonyl (C=O) groups is 2. The van der Waals surface area contributed by atoms with Crippen LogP contribution in [-0.4, -0.2) is 74.3 Å². The molecule has 0 fully saturated rings. The Balaban J connectivity index is 5.00. The van der Waals surface area contributed by atoms with Crippen LogP contribution in [0.2, 0.25) is 0 Å². The van der Waals surface area contributed by atoms with Gasteiger partial charge in [-0.05, 0) is 76.7 Å². The van der Waals surface area contributed by atoms with E-state index in [2.05, 4.69) is 86.8 Å². The zero-order chi connectivity index (χ0) is 62.1. The SMILES string of the molecule is CC/C=C\C/C=C\C/C=C\C/C=C\C/C=C\CCCCCCCCCC(=O)NC(COP(=O)(O)OCC[N+](C)(C)C)C(/C=C/CCCCCCCCCCC)OC(=O)CCCCCCCCCCCCCCCCCCCCCCCCCCC. The average Bonchev–Trinajstić information content (AvgIpc) is 3.62. The number of hydrogen-bond acceptors (Lipinski definition) is 6. The number of carbonyl (C=O) groups excluding carboxylic acids is 2. The Morgan fingerprint density at radius 2 is 0.753 bits per heavy atom. The summed E-state index contributed by atoms with van der Waals surface area (Å²) in [6.07, 6.45) is 85.0. The molecule has 0 rings (SSSR count). The number of nitrogens with one attached hydrogen (secondary N) is 1. The molecule has 0 aliphatic carbocycles. The second-order valence-electron chi connectivity index (χ2n) is 25.7. The summed E-state index contributed by atoms with van der Waals surface area (Å²) in [7, 11) is 1.49. The van der Waals surface area contributed by atoms with Crippen molar-refractivity contribution >= 4 is 19.7 Å². The third kappa shape index (κ3) is 65.7. The fourth-order valence-electron chi connectivity index (χ4n) is 10.6. The summed E-state index contributed by atoms with van der Waals surface area (Å²) in [5.74, 6) is -0.506. The lowest BCUT2D eigenvalue weighted by molar-refractivity contribution is -0.870. The van der Waals surface area contributed by atoms with E-state index in [9.17, 15) is 19.0 Å². The van der Waals surface area contributed by atoms with Crippen LogP contribution in [0, 0.1) is 0 Å². The Hall–Kier alpha value is -2.55. The maximum atomic E-state index is 13.6. The highest BCUT2D eigenvalue weighted by molar-refractivity contribution is 7.47. The summed E-state index contributed by atoms with van der Waals surface area (Å²) >= 11 is 0. The minimum atomic E-state index is -4.46. The van der Waals surface area contributed by atoms with Gasteiger partial charge in [-0.15, -0.1) is 0 Å². The zero-order valence-corrected chi connectivity index (χ0v) is 57.7. The largest absolute Gasteiger partial charge is 0.472 e. The van der Waals surface area contributed by atoms with Gasteiger partial charge >= 0.3 is 13.8 Å². The average molecular weight is 1210 g/mol. The van der Waals surface area contributed by atoms with Crippen LogP contribution in [0.15, 0.2) is 72.9 Å². The van der Waals surface area contributed by atoms with Gasteiger partial charge < -0.3 is 19.4 Å². The molecule has 9 nitrogen and oxygen atoms in total. The Bertz CT molecular complexity index is 1680. The van der Waals surface area contributed by atoms with E-state index >= 15 is 0 Å². The van der Waals surface area contributed by atoms with Gasteiger partial charge in [0, 0.05) is 12.8 Å². The number of amides is 1. The smallest absolute Gasteiger partial charge is 0.456 e. The van der Waals surface area contributed by atoms with E-state index in [0.717, 1.165) is 103 Å². The Morgan fingerprint density at radius 3 is 1.13 bits per heavy atom. The Morgan fingerprint density at radius 1 is 0.424 bits per heavy atom. The minimum Gasteiger partial charge on any atom is -0.456 e. The summed E-state index contributed by atoms with van der Waals surface area (Å²) in [5.41, 5.74) is 0.